The highest BCUT2D eigenvalue weighted by Crippen LogP contribution is 2.35. The molecular formula is C37H34N6O3. The van der Waals surface area contributed by atoms with Crippen molar-refractivity contribution in [3.05, 3.63) is 119 Å². The fraction of sp³-hybridized carbons (Fsp3) is 0.162. The quantitative estimate of drug-likeness (QED) is 0.170. The lowest BCUT2D eigenvalue weighted by Gasteiger charge is -2.22. The number of aromatic hydroxyl groups is 1. The summed E-state index contributed by atoms with van der Waals surface area (Å²) in [5, 5.41) is 13.6. The number of nitrogens with zero attached hydrogens (tertiary/aromatic N) is 4. The average molecular weight is 611 g/mol. The van der Waals surface area contributed by atoms with Gasteiger partial charge in [-0.2, -0.15) is 0 Å². The van der Waals surface area contributed by atoms with Gasteiger partial charge in [-0.3, -0.25) is 14.2 Å². The lowest BCUT2D eigenvalue weighted by atomic mass is 9.84. The number of carbonyl (C=O) groups excluding carboxylic acids is 2. The van der Waals surface area contributed by atoms with E-state index in [1.165, 1.54) is 0 Å². The number of hydrogen-bond donors (Lipinski definition) is 3. The maximum absolute atomic E-state index is 12.9. The van der Waals surface area contributed by atoms with Crippen LogP contribution in [-0.4, -0.2) is 36.8 Å². The minimum Gasteiger partial charge on any atom is -0.507 e. The number of rotatable bonds is 8. The summed E-state index contributed by atoms with van der Waals surface area (Å²) >= 11 is 0. The van der Waals surface area contributed by atoms with Gasteiger partial charge in [0.2, 0.25) is 5.91 Å². The lowest BCUT2D eigenvalue weighted by molar-refractivity contribution is -0.120. The highest BCUT2D eigenvalue weighted by Gasteiger charge is 2.23. The van der Waals surface area contributed by atoms with Gasteiger partial charge in [-0.05, 0) is 58.5 Å². The van der Waals surface area contributed by atoms with Crippen LogP contribution in [0.4, 0.5) is 5.82 Å². The molecule has 0 aliphatic carbocycles. The van der Waals surface area contributed by atoms with Crippen molar-refractivity contribution in [1.82, 2.24) is 24.8 Å². The molecule has 0 bridgehead atoms. The van der Waals surface area contributed by atoms with E-state index in [9.17, 15) is 14.7 Å². The first-order valence-electron chi connectivity index (χ1n) is 15.0. The molecule has 0 aliphatic rings. The monoisotopic (exact) mass is 610 g/mol. The number of benzene rings is 3. The van der Waals surface area contributed by atoms with Gasteiger partial charge in [0.05, 0.1) is 23.2 Å². The molecule has 46 heavy (non-hydrogen) atoms. The molecule has 6 aromatic rings. The molecule has 0 atom stereocenters. The van der Waals surface area contributed by atoms with Crippen molar-refractivity contribution in [2.75, 3.05) is 5.73 Å². The molecule has 0 saturated carbocycles. The molecule has 3 aromatic heterocycles. The van der Waals surface area contributed by atoms with Gasteiger partial charge in [0.1, 0.15) is 17.1 Å². The topological polar surface area (TPSA) is 136 Å². The molecule has 230 valence electrons. The van der Waals surface area contributed by atoms with Crippen molar-refractivity contribution in [3.63, 3.8) is 0 Å². The molecule has 0 unspecified atom stereocenters. The van der Waals surface area contributed by atoms with Crippen LogP contribution in [0, 0.1) is 0 Å². The van der Waals surface area contributed by atoms with Gasteiger partial charge in [0, 0.05) is 24.0 Å². The third kappa shape index (κ3) is 5.95. The van der Waals surface area contributed by atoms with Crippen molar-refractivity contribution in [1.29, 1.82) is 0 Å². The summed E-state index contributed by atoms with van der Waals surface area (Å²) < 4.78 is 1.96. The van der Waals surface area contributed by atoms with Crippen LogP contribution < -0.4 is 11.1 Å². The van der Waals surface area contributed by atoms with Crippen molar-refractivity contribution < 1.29 is 14.7 Å². The van der Waals surface area contributed by atoms with Gasteiger partial charge in [-0.25, -0.2) is 15.0 Å². The number of aromatic nitrogens is 4. The number of imidazole rings is 1. The van der Waals surface area contributed by atoms with Crippen LogP contribution in [-0.2, 0) is 23.2 Å². The molecule has 1 amide bonds. The Morgan fingerprint density at radius 2 is 1.70 bits per heavy atom. The Morgan fingerprint density at radius 1 is 0.935 bits per heavy atom. The number of nitrogens with one attached hydrogen (secondary N) is 1. The number of nitrogens with two attached hydrogens (primary N) is 1. The molecule has 9 nitrogen and oxygen atoms in total. The van der Waals surface area contributed by atoms with E-state index in [2.05, 4.69) is 10.3 Å². The summed E-state index contributed by atoms with van der Waals surface area (Å²) in [6.45, 7) is 6.15. The molecule has 0 aliphatic heterocycles. The summed E-state index contributed by atoms with van der Waals surface area (Å²) in [7, 11) is 0. The maximum Gasteiger partial charge on any atom is 0.224 e. The predicted molar refractivity (Wildman–Crippen MR) is 180 cm³/mol. The van der Waals surface area contributed by atoms with Crippen LogP contribution in [0.3, 0.4) is 0 Å². The number of amides is 1. The number of anilines is 1. The van der Waals surface area contributed by atoms with Gasteiger partial charge < -0.3 is 16.2 Å². The Morgan fingerprint density at radius 3 is 2.39 bits per heavy atom. The Balaban J connectivity index is 1.27. The van der Waals surface area contributed by atoms with Crippen molar-refractivity contribution in [3.8, 4) is 34.1 Å². The first-order chi connectivity index (χ1) is 22.1. The first kappa shape index (κ1) is 30.2. The molecular weight excluding hydrogens is 576 g/mol. The zero-order valence-corrected chi connectivity index (χ0v) is 25.9. The van der Waals surface area contributed by atoms with E-state index in [0.717, 1.165) is 22.5 Å². The predicted octanol–water partition coefficient (Wildman–Crippen LogP) is 6.41. The number of phenolic OH excluding ortho intramolecular Hbond substituents is 1. The van der Waals surface area contributed by atoms with Crippen molar-refractivity contribution >= 4 is 29.2 Å². The van der Waals surface area contributed by atoms with Gasteiger partial charge in [0.25, 0.3) is 0 Å². The summed E-state index contributed by atoms with van der Waals surface area (Å²) in [5.41, 5.74) is 12.8. The lowest BCUT2D eigenvalue weighted by Crippen LogP contribution is -2.25. The molecule has 0 fully saturated rings. The standard InChI is InChI=1S/C37H34N6O3/c1-37(2,3)29-16-13-25(28(22-44)33(29)46)20-32(45)40-21-23-11-14-26(15-12-23)43-35(27-10-7-19-39-34(27)38)42-31-18-17-30(41-36(31)43)24-8-5-4-6-9-24/h4-19,22,46H,20-21H2,1-3H3,(H2,38,39)(H,40,45). The highest BCUT2D eigenvalue weighted by molar-refractivity contribution is 5.87. The molecule has 9 heteroatoms. The Kier molecular flexibility index (Phi) is 8.06. The van der Waals surface area contributed by atoms with Crippen LogP contribution in [0.15, 0.2) is 97.2 Å². The minimum atomic E-state index is -0.344. The molecule has 0 spiro atoms. The first-order valence-corrected chi connectivity index (χ1v) is 15.0. The second-order valence-electron chi connectivity index (χ2n) is 12.1. The molecule has 4 N–H and O–H groups in total. The summed E-state index contributed by atoms with van der Waals surface area (Å²) in [6.07, 6.45) is 2.22. The van der Waals surface area contributed by atoms with E-state index in [1.54, 1.807) is 18.3 Å². The average Bonchev–Trinajstić information content (AvgIpc) is 3.43. The fourth-order valence-corrected chi connectivity index (χ4v) is 5.50. The van der Waals surface area contributed by atoms with Crippen LogP contribution in [0.5, 0.6) is 5.75 Å². The van der Waals surface area contributed by atoms with Crippen molar-refractivity contribution in [2.45, 2.75) is 39.2 Å². The number of hydrogen-bond acceptors (Lipinski definition) is 7. The van der Waals surface area contributed by atoms with Crippen LogP contribution in [0.1, 0.15) is 47.8 Å². The fourth-order valence-electron chi connectivity index (χ4n) is 5.50. The zero-order chi connectivity index (χ0) is 32.4. The zero-order valence-electron chi connectivity index (χ0n) is 25.9. The van der Waals surface area contributed by atoms with E-state index in [0.29, 0.717) is 45.8 Å². The normalized spacial score (nSPS) is 11.5. The van der Waals surface area contributed by atoms with Gasteiger partial charge in [-0.1, -0.05) is 75.4 Å². The highest BCUT2D eigenvalue weighted by atomic mass is 16.3. The van der Waals surface area contributed by atoms with E-state index < -0.39 is 0 Å². The molecule has 3 aromatic carbocycles. The number of phenols is 1. The van der Waals surface area contributed by atoms with Gasteiger partial charge in [-0.15, -0.1) is 0 Å². The largest absolute Gasteiger partial charge is 0.507 e. The third-order valence-corrected chi connectivity index (χ3v) is 7.92. The second kappa shape index (κ2) is 12.3. The van der Waals surface area contributed by atoms with Crippen LogP contribution >= 0.6 is 0 Å². The minimum absolute atomic E-state index is 0.0313. The molecule has 0 radical (unpaired) electrons. The number of carbonyl (C=O) groups is 2. The van der Waals surface area contributed by atoms with Gasteiger partial charge >= 0.3 is 0 Å². The number of nitrogen functional groups attached to an aromatic ring is 1. The van der Waals surface area contributed by atoms with Gasteiger partial charge in [0.15, 0.2) is 17.8 Å². The molecule has 0 saturated heterocycles. The maximum atomic E-state index is 12.9. The second-order valence-corrected chi connectivity index (χ2v) is 12.1. The summed E-state index contributed by atoms with van der Waals surface area (Å²) in [6, 6.07) is 28.8. The Labute approximate surface area is 266 Å². The van der Waals surface area contributed by atoms with E-state index in [1.807, 2.05) is 104 Å². The number of pyridine rings is 2. The molecule has 3 heterocycles. The number of fused-ring (bicyclic) bond motifs is 1. The SMILES string of the molecule is CC(C)(C)c1ccc(CC(=O)NCc2ccc(-n3c(-c4cccnc4N)nc4ccc(-c5ccccc5)nc43)cc2)c(C=O)c1O. The summed E-state index contributed by atoms with van der Waals surface area (Å²) in [4.78, 5) is 38.9. The van der Waals surface area contributed by atoms with Crippen LogP contribution in [0.2, 0.25) is 0 Å². The van der Waals surface area contributed by atoms with Crippen molar-refractivity contribution in [2.24, 2.45) is 0 Å². The Bertz CT molecular complexity index is 2060. The smallest absolute Gasteiger partial charge is 0.224 e. The Hall–Kier alpha value is -5.83. The van der Waals surface area contributed by atoms with E-state index >= 15 is 0 Å². The molecule has 6 rings (SSSR count). The number of aldehydes is 1. The summed E-state index contributed by atoms with van der Waals surface area (Å²) in [5.74, 6) is 0.641. The van der Waals surface area contributed by atoms with Crippen LogP contribution in [0.25, 0.3) is 39.5 Å². The van der Waals surface area contributed by atoms with E-state index in [4.69, 9.17) is 15.7 Å². The van der Waals surface area contributed by atoms with E-state index in [-0.39, 0.29) is 35.6 Å². The third-order valence-electron chi connectivity index (χ3n) is 7.92.